The molecule has 15 heavy (non-hydrogen) atoms. The second kappa shape index (κ2) is 3.41. The Balaban J connectivity index is 2.48. The number of carbonyl (C=O) groups excluding carboxylic acids is 1. The van der Waals surface area contributed by atoms with Crippen LogP contribution in [-0.4, -0.2) is 18.3 Å². The number of aliphatic imine (C=N–C) groups is 1. The van der Waals surface area contributed by atoms with Crippen LogP contribution in [0.5, 0.6) is 11.5 Å². The Morgan fingerprint density at radius 2 is 2.27 bits per heavy atom. The molecule has 0 aliphatic heterocycles. The van der Waals surface area contributed by atoms with Gasteiger partial charge in [-0.2, -0.15) is 4.99 Å². The highest BCUT2D eigenvalue weighted by molar-refractivity contribution is 5.49. The molecular weight excluding hydrogens is 194 g/mol. The molecular formula is C11H11NO3. The molecule has 0 spiro atoms. The summed E-state index contributed by atoms with van der Waals surface area (Å²) >= 11 is 0. The first kappa shape index (κ1) is 9.74. The maximum Gasteiger partial charge on any atom is 0.235 e. The lowest BCUT2D eigenvalue weighted by Gasteiger charge is -2.13. The first-order valence-electron chi connectivity index (χ1n) is 4.68. The highest BCUT2D eigenvalue weighted by Gasteiger charge is 2.46. The van der Waals surface area contributed by atoms with Crippen LogP contribution in [0.15, 0.2) is 23.2 Å². The SMILES string of the molecule is COc1cc(O)ccc1C1(N=C=O)CC1. The van der Waals surface area contributed by atoms with E-state index >= 15 is 0 Å². The summed E-state index contributed by atoms with van der Waals surface area (Å²) in [6.07, 6.45) is 3.24. The van der Waals surface area contributed by atoms with Gasteiger partial charge in [0.2, 0.25) is 6.08 Å². The Hall–Kier alpha value is -1.80. The van der Waals surface area contributed by atoms with Crippen molar-refractivity contribution in [1.29, 1.82) is 0 Å². The highest BCUT2D eigenvalue weighted by Crippen LogP contribution is 2.52. The van der Waals surface area contributed by atoms with Gasteiger partial charge in [-0.05, 0) is 25.0 Å². The van der Waals surface area contributed by atoms with Gasteiger partial charge in [-0.15, -0.1) is 0 Å². The minimum atomic E-state index is -0.458. The molecule has 1 aromatic carbocycles. The van der Waals surface area contributed by atoms with Crippen LogP contribution in [0.25, 0.3) is 0 Å². The average Bonchev–Trinajstić information content (AvgIpc) is 2.99. The van der Waals surface area contributed by atoms with Gasteiger partial charge in [-0.3, -0.25) is 0 Å². The molecule has 1 fully saturated rings. The summed E-state index contributed by atoms with van der Waals surface area (Å²) in [6, 6.07) is 4.83. The number of nitrogens with zero attached hydrogens (tertiary/aromatic N) is 1. The number of methoxy groups -OCH3 is 1. The van der Waals surface area contributed by atoms with Crippen LogP contribution >= 0.6 is 0 Å². The molecule has 0 saturated heterocycles. The number of isocyanates is 1. The van der Waals surface area contributed by atoms with Gasteiger partial charge in [0.15, 0.2) is 0 Å². The Labute approximate surface area is 87.2 Å². The molecule has 0 amide bonds. The standard InChI is InChI=1S/C11H11NO3/c1-15-10-6-8(14)2-3-9(10)11(4-5-11)12-7-13/h2-3,6,14H,4-5H2,1H3. The summed E-state index contributed by atoms with van der Waals surface area (Å²) in [5.74, 6) is 0.702. The fourth-order valence-electron chi connectivity index (χ4n) is 1.71. The van der Waals surface area contributed by atoms with Crippen molar-refractivity contribution in [3.63, 3.8) is 0 Å². The lowest BCUT2D eigenvalue weighted by Crippen LogP contribution is -2.04. The molecule has 0 unspecified atom stereocenters. The van der Waals surface area contributed by atoms with E-state index in [4.69, 9.17) is 4.74 Å². The summed E-state index contributed by atoms with van der Waals surface area (Å²) in [5.41, 5.74) is 0.381. The minimum Gasteiger partial charge on any atom is -0.508 e. The van der Waals surface area contributed by atoms with Crippen molar-refractivity contribution in [2.75, 3.05) is 7.11 Å². The van der Waals surface area contributed by atoms with Crippen molar-refractivity contribution >= 4 is 6.08 Å². The van der Waals surface area contributed by atoms with Gasteiger partial charge in [-0.1, -0.05) is 0 Å². The predicted molar refractivity (Wildman–Crippen MR) is 53.7 cm³/mol. The summed E-state index contributed by atoms with van der Waals surface area (Å²) in [7, 11) is 1.53. The molecule has 2 rings (SSSR count). The maximum absolute atomic E-state index is 10.3. The summed E-state index contributed by atoms with van der Waals surface area (Å²) in [5, 5.41) is 9.30. The molecule has 1 aliphatic rings. The number of phenolic OH excluding ortho intramolecular Hbond substituents is 1. The van der Waals surface area contributed by atoms with Crippen molar-refractivity contribution in [2.45, 2.75) is 18.4 Å². The topological polar surface area (TPSA) is 58.9 Å². The van der Waals surface area contributed by atoms with E-state index in [0.717, 1.165) is 18.4 Å². The monoisotopic (exact) mass is 205 g/mol. The second-order valence-electron chi connectivity index (χ2n) is 3.62. The smallest absolute Gasteiger partial charge is 0.235 e. The molecule has 0 radical (unpaired) electrons. The van der Waals surface area contributed by atoms with Gasteiger partial charge in [0, 0.05) is 11.6 Å². The van der Waals surface area contributed by atoms with Crippen molar-refractivity contribution in [3.05, 3.63) is 23.8 Å². The Kier molecular flexibility index (Phi) is 2.21. The van der Waals surface area contributed by atoms with E-state index in [-0.39, 0.29) is 5.75 Å². The van der Waals surface area contributed by atoms with Crippen molar-refractivity contribution in [3.8, 4) is 11.5 Å². The van der Waals surface area contributed by atoms with Gasteiger partial charge in [0.05, 0.1) is 7.11 Å². The average molecular weight is 205 g/mol. The number of ether oxygens (including phenoxy) is 1. The zero-order valence-electron chi connectivity index (χ0n) is 8.36. The van der Waals surface area contributed by atoms with Gasteiger partial charge in [0.25, 0.3) is 0 Å². The number of phenols is 1. The van der Waals surface area contributed by atoms with Crippen LogP contribution in [0, 0.1) is 0 Å². The van der Waals surface area contributed by atoms with Crippen LogP contribution in [0.4, 0.5) is 0 Å². The third-order valence-electron chi connectivity index (χ3n) is 2.67. The van der Waals surface area contributed by atoms with Gasteiger partial charge in [0.1, 0.15) is 17.0 Å². The van der Waals surface area contributed by atoms with Gasteiger partial charge in [-0.25, -0.2) is 4.79 Å². The minimum absolute atomic E-state index is 0.140. The largest absolute Gasteiger partial charge is 0.508 e. The number of aromatic hydroxyl groups is 1. The zero-order valence-corrected chi connectivity index (χ0v) is 8.36. The lowest BCUT2D eigenvalue weighted by atomic mass is 10.0. The molecule has 1 saturated carbocycles. The zero-order chi connectivity index (χ0) is 10.9. The molecule has 1 aromatic rings. The number of hydrogen-bond acceptors (Lipinski definition) is 4. The first-order valence-corrected chi connectivity index (χ1v) is 4.68. The number of benzene rings is 1. The molecule has 0 heterocycles. The van der Waals surface area contributed by atoms with Crippen molar-refractivity contribution in [2.24, 2.45) is 4.99 Å². The first-order chi connectivity index (χ1) is 7.22. The summed E-state index contributed by atoms with van der Waals surface area (Å²) < 4.78 is 5.15. The Bertz CT molecular complexity index is 431. The molecule has 0 bridgehead atoms. The van der Waals surface area contributed by atoms with Gasteiger partial charge >= 0.3 is 0 Å². The van der Waals surface area contributed by atoms with Gasteiger partial charge < -0.3 is 9.84 Å². The highest BCUT2D eigenvalue weighted by atomic mass is 16.5. The summed E-state index contributed by atoms with van der Waals surface area (Å²) in [4.78, 5) is 14.1. The molecule has 78 valence electrons. The Morgan fingerprint density at radius 1 is 1.53 bits per heavy atom. The van der Waals surface area contributed by atoms with Crippen LogP contribution < -0.4 is 4.74 Å². The van der Waals surface area contributed by atoms with E-state index in [0.29, 0.717) is 5.75 Å². The van der Waals surface area contributed by atoms with Crippen molar-refractivity contribution in [1.82, 2.24) is 0 Å². The molecule has 1 N–H and O–H groups in total. The molecule has 0 aromatic heterocycles. The van der Waals surface area contributed by atoms with E-state index in [2.05, 4.69) is 4.99 Å². The van der Waals surface area contributed by atoms with E-state index in [1.165, 1.54) is 13.2 Å². The number of hydrogen-bond donors (Lipinski definition) is 1. The van der Waals surface area contributed by atoms with Crippen LogP contribution in [0.1, 0.15) is 18.4 Å². The number of rotatable bonds is 3. The van der Waals surface area contributed by atoms with E-state index in [1.54, 1.807) is 18.2 Å². The summed E-state index contributed by atoms with van der Waals surface area (Å²) in [6.45, 7) is 0. The molecule has 4 nitrogen and oxygen atoms in total. The molecule has 0 atom stereocenters. The maximum atomic E-state index is 10.3. The fraction of sp³-hybridized carbons (Fsp3) is 0.364. The second-order valence-corrected chi connectivity index (χ2v) is 3.62. The van der Waals surface area contributed by atoms with E-state index in [1.807, 2.05) is 0 Å². The van der Waals surface area contributed by atoms with Crippen LogP contribution in [0.2, 0.25) is 0 Å². The van der Waals surface area contributed by atoms with Crippen LogP contribution in [-0.2, 0) is 10.3 Å². The quantitative estimate of drug-likeness (QED) is 0.603. The predicted octanol–water partition coefficient (Wildman–Crippen LogP) is 1.73. The van der Waals surface area contributed by atoms with Crippen LogP contribution in [0.3, 0.4) is 0 Å². The third-order valence-corrected chi connectivity index (χ3v) is 2.67. The van der Waals surface area contributed by atoms with Crippen molar-refractivity contribution < 1.29 is 14.6 Å². The normalized spacial score (nSPS) is 16.6. The Morgan fingerprint density at radius 3 is 2.80 bits per heavy atom. The fourth-order valence-corrected chi connectivity index (χ4v) is 1.71. The molecule has 1 aliphatic carbocycles. The third kappa shape index (κ3) is 1.60. The molecule has 4 heteroatoms. The van der Waals surface area contributed by atoms with E-state index < -0.39 is 5.54 Å². The van der Waals surface area contributed by atoms with E-state index in [9.17, 15) is 9.90 Å². The lowest BCUT2D eigenvalue weighted by molar-refractivity contribution is 0.398.